The molecular formula is C11H25N3O2S. The van der Waals surface area contributed by atoms with E-state index < -0.39 is 10.0 Å². The molecule has 5 nitrogen and oxygen atoms in total. The Kier molecular flexibility index (Phi) is 5.85. The molecule has 0 aromatic heterocycles. The lowest BCUT2D eigenvalue weighted by Gasteiger charge is -2.34. The van der Waals surface area contributed by atoms with Crippen LogP contribution in [0.5, 0.6) is 0 Å². The SMILES string of the molecule is CNCCCS(=O)(=O)N1CCC(N(C)C)CC1. The van der Waals surface area contributed by atoms with Crippen LogP contribution in [0.2, 0.25) is 0 Å². The van der Waals surface area contributed by atoms with Gasteiger partial charge in [0.25, 0.3) is 0 Å². The van der Waals surface area contributed by atoms with E-state index in [1.807, 2.05) is 7.05 Å². The highest BCUT2D eigenvalue weighted by Crippen LogP contribution is 2.17. The number of sulfonamides is 1. The molecule has 0 amide bonds. The lowest BCUT2D eigenvalue weighted by Crippen LogP contribution is -2.45. The lowest BCUT2D eigenvalue weighted by atomic mass is 10.1. The first-order valence-corrected chi connectivity index (χ1v) is 7.87. The third-order valence-electron chi connectivity index (χ3n) is 3.38. The molecule has 0 atom stereocenters. The van der Waals surface area contributed by atoms with Crippen molar-refractivity contribution in [1.29, 1.82) is 0 Å². The summed E-state index contributed by atoms with van der Waals surface area (Å²) in [6, 6.07) is 0.527. The zero-order valence-electron chi connectivity index (χ0n) is 11.1. The highest BCUT2D eigenvalue weighted by molar-refractivity contribution is 7.89. The largest absolute Gasteiger partial charge is 0.320 e. The van der Waals surface area contributed by atoms with Crippen LogP contribution in [-0.4, -0.2) is 70.2 Å². The maximum atomic E-state index is 12.0. The molecule has 0 aliphatic carbocycles. The van der Waals surface area contributed by atoms with Gasteiger partial charge in [0.15, 0.2) is 0 Å². The summed E-state index contributed by atoms with van der Waals surface area (Å²) in [6.45, 7) is 2.10. The van der Waals surface area contributed by atoms with Crippen molar-refractivity contribution in [2.24, 2.45) is 0 Å². The Morgan fingerprint density at radius 3 is 2.35 bits per heavy atom. The van der Waals surface area contributed by atoms with Crippen LogP contribution in [0.15, 0.2) is 0 Å². The molecule has 1 aliphatic rings. The third-order valence-corrected chi connectivity index (χ3v) is 5.33. The van der Waals surface area contributed by atoms with Crippen molar-refractivity contribution in [2.75, 3.05) is 46.5 Å². The predicted octanol–water partition coefficient (Wildman–Crippen LogP) is -0.0483. The Hall–Kier alpha value is -0.170. The van der Waals surface area contributed by atoms with Crippen LogP contribution in [-0.2, 0) is 10.0 Å². The number of nitrogens with one attached hydrogen (secondary N) is 1. The summed E-state index contributed by atoms with van der Waals surface area (Å²) >= 11 is 0. The van der Waals surface area contributed by atoms with Crippen molar-refractivity contribution in [3.63, 3.8) is 0 Å². The van der Waals surface area contributed by atoms with Crippen LogP contribution >= 0.6 is 0 Å². The van der Waals surface area contributed by atoms with Gasteiger partial charge >= 0.3 is 0 Å². The Bertz CT molecular complexity index is 309. The van der Waals surface area contributed by atoms with Gasteiger partial charge in [0, 0.05) is 19.1 Å². The van der Waals surface area contributed by atoms with E-state index in [9.17, 15) is 8.42 Å². The van der Waals surface area contributed by atoms with Gasteiger partial charge in [-0.25, -0.2) is 12.7 Å². The van der Waals surface area contributed by atoms with Gasteiger partial charge < -0.3 is 10.2 Å². The zero-order chi connectivity index (χ0) is 12.9. The van der Waals surface area contributed by atoms with Crippen LogP contribution < -0.4 is 5.32 Å². The number of rotatable bonds is 6. The van der Waals surface area contributed by atoms with E-state index >= 15 is 0 Å². The molecule has 1 aliphatic heterocycles. The topological polar surface area (TPSA) is 52.7 Å². The molecule has 0 saturated carbocycles. The summed E-state index contributed by atoms with van der Waals surface area (Å²) in [5.74, 6) is 0.264. The first kappa shape index (κ1) is 14.9. The smallest absolute Gasteiger partial charge is 0.214 e. The van der Waals surface area contributed by atoms with Gasteiger partial charge in [-0.3, -0.25) is 0 Å². The quantitative estimate of drug-likeness (QED) is 0.683. The molecule has 1 N–H and O–H groups in total. The van der Waals surface area contributed by atoms with E-state index in [0.717, 1.165) is 19.4 Å². The van der Waals surface area contributed by atoms with Crippen LogP contribution in [0.3, 0.4) is 0 Å². The lowest BCUT2D eigenvalue weighted by molar-refractivity contribution is 0.196. The van der Waals surface area contributed by atoms with Crippen LogP contribution in [0, 0.1) is 0 Å². The molecule has 1 heterocycles. The predicted molar refractivity (Wildman–Crippen MR) is 70.6 cm³/mol. The second kappa shape index (κ2) is 6.68. The third kappa shape index (κ3) is 4.54. The van der Waals surface area contributed by atoms with Crippen molar-refractivity contribution in [2.45, 2.75) is 25.3 Å². The van der Waals surface area contributed by atoms with Gasteiger partial charge in [0.2, 0.25) is 10.0 Å². The fourth-order valence-corrected chi connectivity index (χ4v) is 3.73. The van der Waals surface area contributed by atoms with Crippen molar-refractivity contribution >= 4 is 10.0 Å². The number of nitrogens with zero attached hydrogens (tertiary/aromatic N) is 2. The van der Waals surface area contributed by atoms with Gasteiger partial charge in [0.05, 0.1) is 5.75 Å². The van der Waals surface area contributed by atoms with Gasteiger partial charge in [0.1, 0.15) is 0 Å². The standard InChI is InChI=1S/C11H25N3O2S/c1-12-7-4-10-17(15,16)14-8-5-11(6-9-14)13(2)3/h11-12H,4-10H2,1-3H3. The molecule has 17 heavy (non-hydrogen) atoms. The summed E-state index contributed by atoms with van der Waals surface area (Å²) in [4.78, 5) is 2.19. The molecule has 0 bridgehead atoms. The second-order valence-electron chi connectivity index (χ2n) is 4.87. The number of hydrogen-bond acceptors (Lipinski definition) is 4. The minimum absolute atomic E-state index is 0.264. The summed E-state index contributed by atoms with van der Waals surface area (Å²) in [5, 5.41) is 2.98. The highest BCUT2D eigenvalue weighted by Gasteiger charge is 2.28. The van der Waals surface area contributed by atoms with E-state index in [2.05, 4.69) is 24.3 Å². The van der Waals surface area contributed by atoms with Crippen LogP contribution in [0.1, 0.15) is 19.3 Å². The number of hydrogen-bond donors (Lipinski definition) is 1. The summed E-state index contributed by atoms with van der Waals surface area (Å²) in [6.07, 6.45) is 2.57. The Morgan fingerprint density at radius 1 is 1.29 bits per heavy atom. The van der Waals surface area contributed by atoms with Gasteiger partial charge in [-0.05, 0) is 47.0 Å². The first-order chi connectivity index (χ1) is 7.97. The molecule has 0 spiro atoms. The van der Waals surface area contributed by atoms with E-state index in [1.165, 1.54) is 0 Å². The van der Waals surface area contributed by atoms with E-state index in [0.29, 0.717) is 25.6 Å². The normalized spacial score (nSPS) is 20.0. The van der Waals surface area contributed by atoms with Gasteiger partial charge in [-0.1, -0.05) is 0 Å². The molecule has 0 aromatic rings. The second-order valence-corrected chi connectivity index (χ2v) is 6.96. The van der Waals surface area contributed by atoms with Crippen LogP contribution in [0.4, 0.5) is 0 Å². The summed E-state index contributed by atoms with van der Waals surface area (Å²) in [5.41, 5.74) is 0. The van der Waals surface area contributed by atoms with Crippen molar-refractivity contribution in [3.05, 3.63) is 0 Å². The molecule has 1 fully saturated rings. The van der Waals surface area contributed by atoms with Crippen LogP contribution in [0.25, 0.3) is 0 Å². The first-order valence-electron chi connectivity index (χ1n) is 6.26. The molecule has 0 unspecified atom stereocenters. The molecule has 6 heteroatoms. The summed E-state index contributed by atoms with van der Waals surface area (Å²) < 4.78 is 25.7. The molecule has 1 saturated heterocycles. The minimum Gasteiger partial charge on any atom is -0.320 e. The summed E-state index contributed by atoms with van der Waals surface area (Å²) in [7, 11) is 2.93. The van der Waals surface area contributed by atoms with Crippen molar-refractivity contribution in [1.82, 2.24) is 14.5 Å². The van der Waals surface area contributed by atoms with Gasteiger partial charge in [-0.2, -0.15) is 0 Å². The maximum absolute atomic E-state index is 12.0. The highest BCUT2D eigenvalue weighted by atomic mass is 32.2. The Balaban J connectivity index is 2.41. The average Bonchev–Trinajstić information content (AvgIpc) is 2.29. The van der Waals surface area contributed by atoms with Gasteiger partial charge in [-0.15, -0.1) is 0 Å². The maximum Gasteiger partial charge on any atom is 0.214 e. The monoisotopic (exact) mass is 263 g/mol. The molecule has 0 radical (unpaired) electrons. The van der Waals surface area contributed by atoms with E-state index in [4.69, 9.17) is 0 Å². The van der Waals surface area contributed by atoms with Crippen molar-refractivity contribution in [3.8, 4) is 0 Å². The van der Waals surface area contributed by atoms with Crippen molar-refractivity contribution < 1.29 is 8.42 Å². The molecular weight excluding hydrogens is 238 g/mol. The molecule has 1 rings (SSSR count). The van der Waals surface area contributed by atoms with E-state index in [-0.39, 0.29) is 5.75 Å². The number of piperidine rings is 1. The average molecular weight is 263 g/mol. The minimum atomic E-state index is -3.03. The molecule has 102 valence electrons. The fraction of sp³-hybridized carbons (Fsp3) is 1.00. The fourth-order valence-electron chi connectivity index (χ4n) is 2.20. The Morgan fingerprint density at radius 2 is 1.88 bits per heavy atom. The zero-order valence-corrected chi connectivity index (χ0v) is 12.0. The Labute approximate surface area is 105 Å². The molecule has 0 aromatic carbocycles. The van der Waals surface area contributed by atoms with E-state index in [1.54, 1.807) is 4.31 Å².